The van der Waals surface area contributed by atoms with E-state index in [4.69, 9.17) is 4.74 Å². The van der Waals surface area contributed by atoms with Crippen molar-refractivity contribution < 1.29 is 13.2 Å². The average Bonchev–Trinajstić information content (AvgIpc) is 2.98. The summed E-state index contributed by atoms with van der Waals surface area (Å²) in [6.45, 7) is 1.20. The van der Waals surface area contributed by atoms with Crippen molar-refractivity contribution in [2.45, 2.75) is 31.4 Å². The Morgan fingerprint density at radius 3 is 2.86 bits per heavy atom. The van der Waals surface area contributed by atoms with Gasteiger partial charge < -0.3 is 10.1 Å². The molecular weight excluding hydrogens is 288 g/mol. The van der Waals surface area contributed by atoms with Gasteiger partial charge in [-0.2, -0.15) is 0 Å². The fourth-order valence-corrected chi connectivity index (χ4v) is 4.98. The molecule has 1 N–H and O–H groups in total. The third-order valence-corrected chi connectivity index (χ3v) is 6.15. The number of benzene rings is 1. The van der Waals surface area contributed by atoms with E-state index >= 15 is 0 Å². The Labute approximate surface area is 126 Å². The molecule has 0 aromatic heterocycles. The van der Waals surface area contributed by atoms with E-state index in [2.05, 4.69) is 5.32 Å². The Morgan fingerprint density at radius 2 is 2.14 bits per heavy atom. The maximum absolute atomic E-state index is 12.7. The van der Waals surface area contributed by atoms with Gasteiger partial charge in [-0.3, -0.25) is 4.31 Å². The predicted octanol–water partition coefficient (Wildman–Crippen LogP) is 1.67. The monoisotopic (exact) mass is 310 g/mol. The van der Waals surface area contributed by atoms with Crippen molar-refractivity contribution in [2.24, 2.45) is 0 Å². The molecule has 21 heavy (non-hydrogen) atoms. The van der Waals surface area contributed by atoms with E-state index < -0.39 is 10.0 Å². The van der Waals surface area contributed by atoms with Gasteiger partial charge in [0, 0.05) is 19.2 Å². The molecule has 0 aliphatic carbocycles. The lowest BCUT2D eigenvalue weighted by atomic mass is 9.98. The van der Waals surface area contributed by atoms with Crippen LogP contribution >= 0.6 is 0 Å². The van der Waals surface area contributed by atoms with Crippen LogP contribution in [0, 0.1) is 0 Å². The zero-order chi connectivity index (χ0) is 14.9. The van der Waals surface area contributed by atoms with Gasteiger partial charge in [0.15, 0.2) is 0 Å². The van der Waals surface area contributed by atoms with E-state index in [1.807, 2.05) is 31.3 Å². The minimum Gasteiger partial charge on any atom is -0.377 e. The highest BCUT2D eigenvalue weighted by Crippen LogP contribution is 2.35. The lowest BCUT2D eigenvalue weighted by molar-refractivity contribution is 0.127. The molecule has 0 radical (unpaired) electrons. The maximum atomic E-state index is 12.7. The molecule has 1 aromatic carbocycles. The summed E-state index contributed by atoms with van der Waals surface area (Å²) in [6, 6.07) is 7.97. The van der Waals surface area contributed by atoms with Crippen LogP contribution in [0.1, 0.15) is 30.9 Å². The Hall–Kier alpha value is -1.11. The van der Waals surface area contributed by atoms with Crippen LogP contribution in [-0.2, 0) is 14.8 Å². The summed E-state index contributed by atoms with van der Waals surface area (Å²) in [5.74, 6) is 0.0888. The Balaban J connectivity index is 1.88. The normalized spacial score (nSPS) is 25.9. The van der Waals surface area contributed by atoms with Crippen LogP contribution < -0.4 is 9.62 Å². The van der Waals surface area contributed by atoms with Gasteiger partial charge in [-0.15, -0.1) is 0 Å². The van der Waals surface area contributed by atoms with Crippen molar-refractivity contribution in [1.29, 1.82) is 0 Å². The number of fused-ring (bicyclic) bond motifs is 1. The summed E-state index contributed by atoms with van der Waals surface area (Å²) in [7, 11) is -1.42. The van der Waals surface area contributed by atoms with E-state index in [1.165, 1.54) is 0 Å². The van der Waals surface area contributed by atoms with Crippen LogP contribution in [0.5, 0.6) is 0 Å². The molecule has 1 saturated heterocycles. The number of sulfonamides is 1. The molecule has 116 valence electrons. The van der Waals surface area contributed by atoms with Crippen LogP contribution in [0.25, 0.3) is 0 Å². The van der Waals surface area contributed by atoms with E-state index in [1.54, 1.807) is 4.31 Å². The van der Waals surface area contributed by atoms with Crippen LogP contribution in [0.3, 0.4) is 0 Å². The molecule has 3 rings (SSSR count). The standard InChI is InChI=1S/C15H22N2O3S/c1-16-14-8-9-17(15-7-3-2-6-13(14)15)21(18,19)11-12-5-4-10-20-12/h2-3,6-7,12,14,16H,4-5,8-11H2,1H3. The van der Waals surface area contributed by atoms with Crippen LogP contribution in [0.2, 0.25) is 0 Å². The highest BCUT2D eigenvalue weighted by molar-refractivity contribution is 7.92. The second-order valence-electron chi connectivity index (χ2n) is 5.67. The summed E-state index contributed by atoms with van der Waals surface area (Å²) in [5.41, 5.74) is 1.86. The van der Waals surface area contributed by atoms with Gasteiger partial charge in [0.05, 0.1) is 17.5 Å². The molecule has 2 unspecified atom stereocenters. The molecule has 2 aliphatic heterocycles. The maximum Gasteiger partial charge on any atom is 0.237 e. The summed E-state index contributed by atoms with van der Waals surface area (Å²) < 4.78 is 32.5. The van der Waals surface area contributed by atoms with Crippen LogP contribution in [0.15, 0.2) is 24.3 Å². The van der Waals surface area contributed by atoms with E-state index in [-0.39, 0.29) is 17.9 Å². The van der Waals surface area contributed by atoms with Crippen molar-refractivity contribution in [3.05, 3.63) is 29.8 Å². The van der Waals surface area contributed by atoms with Crippen molar-refractivity contribution in [3.8, 4) is 0 Å². The molecule has 0 spiro atoms. The number of anilines is 1. The largest absolute Gasteiger partial charge is 0.377 e. The summed E-state index contributed by atoms with van der Waals surface area (Å²) in [5, 5.41) is 3.26. The molecular formula is C15H22N2O3S. The quantitative estimate of drug-likeness (QED) is 0.919. The predicted molar refractivity (Wildman–Crippen MR) is 83.0 cm³/mol. The number of hydrogen-bond acceptors (Lipinski definition) is 4. The van der Waals surface area contributed by atoms with E-state index in [0.717, 1.165) is 30.5 Å². The van der Waals surface area contributed by atoms with Crippen molar-refractivity contribution >= 4 is 15.7 Å². The van der Waals surface area contributed by atoms with Crippen molar-refractivity contribution in [3.63, 3.8) is 0 Å². The molecule has 6 heteroatoms. The first kappa shape index (κ1) is 14.8. The molecule has 0 bridgehead atoms. The molecule has 0 saturated carbocycles. The summed E-state index contributed by atoms with van der Waals surface area (Å²) in [6.07, 6.45) is 2.44. The number of ether oxygens (including phenoxy) is 1. The number of hydrogen-bond donors (Lipinski definition) is 1. The molecule has 2 heterocycles. The lowest BCUT2D eigenvalue weighted by Crippen LogP contribution is -2.42. The number of nitrogens with one attached hydrogen (secondary N) is 1. The first-order valence-corrected chi connectivity index (χ1v) is 9.11. The van der Waals surface area contributed by atoms with Crippen LogP contribution in [-0.4, -0.2) is 40.5 Å². The van der Waals surface area contributed by atoms with Gasteiger partial charge in [-0.25, -0.2) is 8.42 Å². The van der Waals surface area contributed by atoms with Gasteiger partial charge in [0.2, 0.25) is 10.0 Å². The third-order valence-electron chi connectivity index (χ3n) is 4.31. The first-order valence-electron chi connectivity index (χ1n) is 7.50. The lowest BCUT2D eigenvalue weighted by Gasteiger charge is -2.35. The highest BCUT2D eigenvalue weighted by atomic mass is 32.2. The van der Waals surface area contributed by atoms with Crippen molar-refractivity contribution in [1.82, 2.24) is 5.32 Å². The van der Waals surface area contributed by atoms with Gasteiger partial charge in [0.25, 0.3) is 0 Å². The molecule has 2 aliphatic rings. The van der Waals surface area contributed by atoms with Gasteiger partial charge in [-0.1, -0.05) is 18.2 Å². The third kappa shape index (κ3) is 2.93. The zero-order valence-corrected chi connectivity index (χ0v) is 13.1. The van der Waals surface area contributed by atoms with Gasteiger partial charge >= 0.3 is 0 Å². The Kier molecular flexibility index (Phi) is 4.19. The minimum atomic E-state index is -3.33. The first-order chi connectivity index (χ1) is 10.1. The fourth-order valence-electron chi connectivity index (χ4n) is 3.22. The molecule has 5 nitrogen and oxygen atoms in total. The van der Waals surface area contributed by atoms with E-state index in [9.17, 15) is 8.42 Å². The highest BCUT2D eigenvalue weighted by Gasteiger charge is 2.33. The van der Waals surface area contributed by atoms with E-state index in [0.29, 0.717) is 13.2 Å². The smallest absolute Gasteiger partial charge is 0.237 e. The molecule has 0 amide bonds. The van der Waals surface area contributed by atoms with Gasteiger partial charge in [0.1, 0.15) is 0 Å². The average molecular weight is 310 g/mol. The van der Waals surface area contributed by atoms with Crippen LogP contribution in [0.4, 0.5) is 5.69 Å². The number of rotatable bonds is 4. The molecule has 1 fully saturated rings. The second-order valence-corrected chi connectivity index (χ2v) is 7.61. The SMILES string of the molecule is CNC1CCN(S(=O)(=O)CC2CCCO2)c2ccccc21. The minimum absolute atomic E-state index is 0.0888. The summed E-state index contributed by atoms with van der Waals surface area (Å²) >= 11 is 0. The Bertz CT molecular complexity index is 597. The van der Waals surface area contributed by atoms with Crippen molar-refractivity contribution in [2.75, 3.05) is 30.3 Å². The number of para-hydroxylation sites is 1. The molecule has 2 atom stereocenters. The Morgan fingerprint density at radius 1 is 1.33 bits per heavy atom. The summed E-state index contributed by atoms with van der Waals surface area (Å²) in [4.78, 5) is 0. The number of nitrogens with zero attached hydrogens (tertiary/aromatic N) is 1. The topological polar surface area (TPSA) is 58.6 Å². The fraction of sp³-hybridized carbons (Fsp3) is 0.600. The van der Waals surface area contributed by atoms with Gasteiger partial charge in [-0.05, 0) is 37.9 Å². The zero-order valence-electron chi connectivity index (χ0n) is 12.3. The molecule has 1 aromatic rings. The second kappa shape index (κ2) is 5.94.